The van der Waals surface area contributed by atoms with E-state index in [0.717, 1.165) is 11.9 Å². The van der Waals surface area contributed by atoms with Crippen molar-refractivity contribution in [3.63, 3.8) is 0 Å². The van der Waals surface area contributed by atoms with E-state index in [1.54, 1.807) is 4.57 Å². The predicted octanol–water partition coefficient (Wildman–Crippen LogP) is 5.41. The summed E-state index contributed by atoms with van der Waals surface area (Å²) in [4.78, 5) is 12.0. The number of hydrogen-bond acceptors (Lipinski definition) is 2. The molecular formula is C17H24BrNO2. The number of aryl methyl sites for hydroxylation is 1. The van der Waals surface area contributed by atoms with Gasteiger partial charge in [-0.05, 0) is 31.0 Å². The molecule has 2 rings (SSSR count). The molecule has 1 atom stereocenters. The molecule has 0 bridgehead atoms. The van der Waals surface area contributed by atoms with Gasteiger partial charge in [0.2, 0.25) is 0 Å². The highest BCUT2D eigenvalue weighted by atomic mass is 79.9. The fourth-order valence-electron chi connectivity index (χ4n) is 2.67. The van der Waals surface area contributed by atoms with Gasteiger partial charge in [-0.3, -0.25) is 4.57 Å². The zero-order chi connectivity index (χ0) is 15.2. The zero-order valence-electron chi connectivity index (χ0n) is 12.9. The summed E-state index contributed by atoms with van der Waals surface area (Å²) in [5.74, 6) is -0.268. The molecule has 0 aliphatic rings. The van der Waals surface area contributed by atoms with Gasteiger partial charge in [0.05, 0.1) is 5.52 Å². The molecule has 1 unspecified atom stereocenters. The van der Waals surface area contributed by atoms with Crippen LogP contribution in [0.25, 0.3) is 11.1 Å². The summed E-state index contributed by atoms with van der Waals surface area (Å²) in [6.45, 7) is 4.83. The van der Waals surface area contributed by atoms with Gasteiger partial charge in [0.15, 0.2) is 5.58 Å². The van der Waals surface area contributed by atoms with Crippen LogP contribution < -0.4 is 5.76 Å². The number of rotatable bonds is 8. The van der Waals surface area contributed by atoms with Gasteiger partial charge < -0.3 is 4.42 Å². The molecule has 116 valence electrons. The molecular weight excluding hydrogens is 330 g/mol. The van der Waals surface area contributed by atoms with Crippen molar-refractivity contribution < 1.29 is 4.42 Å². The number of alkyl halides is 1. The Hall–Kier alpha value is -1.03. The highest BCUT2D eigenvalue weighted by molar-refractivity contribution is 9.09. The Morgan fingerprint density at radius 3 is 2.67 bits per heavy atom. The highest BCUT2D eigenvalue weighted by Crippen LogP contribution is 2.30. The molecule has 4 heteroatoms. The molecule has 1 aromatic heterocycles. The Morgan fingerprint density at radius 2 is 1.95 bits per heavy atom. The van der Waals surface area contributed by atoms with Crippen LogP contribution in [0.5, 0.6) is 0 Å². The van der Waals surface area contributed by atoms with E-state index in [9.17, 15) is 4.79 Å². The minimum Gasteiger partial charge on any atom is -0.408 e. The first-order valence-corrected chi connectivity index (χ1v) is 8.86. The summed E-state index contributed by atoms with van der Waals surface area (Å²) >= 11 is 3.76. The summed E-state index contributed by atoms with van der Waals surface area (Å²) in [6, 6.07) is 6.08. The quantitative estimate of drug-likeness (QED) is 0.469. The normalized spacial score (nSPS) is 12.9. The average Bonchev–Trinajstić information content (AvgIpc) is 2.80. The van der Waals surface area contributed by atoms with Gasteiger partial charge in [0, 0.05) is 11.4 Å². The second-order valence-electron chi connectivity index (χ2n) is 5.51. The molecule has 21 heavy (non-hydrogen) atoms. The molecule has 0 N–H and O–H groups in total. The van der Waals surface area contributed by atoms with E-state index in [1.165, 1.54) is 37.7 Å². The Balaban J connectivity index is 2.03. The van der Waals surface area contributed by atoms with Crippen LogP contribution in [-0.2, 0) is 6.54 Å². The van der Waals surface area contributed by atoms with Crippen molar-refractivity contribution in [1.29, 1.82) is 0 Å². The summed E-state index contributed by atoms with van der Waals surface area (Å²) < 4.78 is 6.98. The minimum atomic E-state index is -0.268. The summed E-state index contributed by atoms with van der Waals surface area (Å²) in [5.41, 5.74) is 2.76. The van der Waals surface area contributed by atoms with Gasteiger partial charge in [-0.2, -0.15) is 0 Å². The number of halogens is 1. The Labute approximate surface area is 134 Å². The number of oxazole rings is 1. The number of aromatic nitrogens is 1. The van der Waals surface area contributed by atoms with Crippen molar-refractivity contribution in [3.8, 4) is 0 Å². The van der Waals surface area contributed by atoms with Crippen LogP contribution in [-0.4, -0.2) is 4.57 Å². The SMILES string of the molecule is CCCCCCCC(Br)c1ccc2c(c1)oc(=O)n2CC. The van der Waals surface area contributed by atoms with E-state index in [-0.39, 0.29) is 5.76 Å². The first-order chi connectivity index (χ1) is 10.2. The van der Waals surface area contributed by atoms with Crippen LogP contribution in [0.4, 0.5) is 0 Å². The fraction of sp³-hybridized carbons (Fsp3) is 0.588. The van der Waals surface area contributed by atoms with Gasteiger partial charge in [0.25, 0.3) is 0 Å². The van der Waals surface area contributed by atoms with E-state index < -0.39 is 0 Å². The molecule has 1 aromatic carbocycles. The van der Waals surface area contributed by atoms with Crippen molar-refractivity contribution in [3.05, 3.63) is 34.3 Å². The molecule has 0 aliphatic carbocycles. The summed E-state index contributed by atoms with van der Waals surface area (Å²) in [7, 11) is 0. The van der Waals surface area contributed by atoms with Gasteiger partial charge >= 0.3 is 5.76 Å². The predicted molar refractivity (Wildman–Crippen MR) is 91.2 cm³/mol. The van der Waals surface area contributed by atoms with Crippen molar-refractivity contribution in [2.75, 3.05) is 0 Å². The molecule has 0 aliphatic heterocycles. The zero-order valence-corrected chi connectivity index (χ0v) is 14.5. The van der Waals surface area contributed by atoms with Crippen molar-refractivity contribution >= 4 is 27.0 Å². The maximum atomic E-state index is 11.7. The molecule has 1 heterocycles. The first-order valence-electron chi connectivity index (χ1n) is 7.94. The lowest BCUT2D eigenvalue weighted by Gasteiger charge is -2.10. The number of fused-ring (bicyclic) bond motifs is 1. The van der Waals surface area contributed by atoms with Gasteiger partial charge in [-0.25, -0.2) is 4.79 Å². The van der Waals surface area contributed by atoms with E-state index in [4.69, 9.17) is 4.42 Å². The highest BCUT2D eigenvalue weighted by Gasteiger charge is 2.12. The monoisotopic (exact) mass is 353 g/mol. The number of hydrogen-bond donors (Lipinski definition) is 0. The third kappa shape index (κ3) is 4.00. The summed E-state index contributed by atoms with van der Waals surface area (Å²) in [5, 5.41) is 0. The van der Waals surface area contributed by atoms with Gasteiger partial charge in [-0.1, -0.05) is 61.0 Å². The van der Waals surface area contributed by atoms with Crippen LogP contribution in [0.2, 0.25) is 0 Å². The fourth-order valence-corrected chi connectivity index (χ4v) is 3.28. The molecule has 0 radical (unpaired) electrons. The van der Waals surface area contributed by atoms with Crippen molar-refractivity contribution in [2.45, 2.75) is 63.7 Å². The largest absolute Gasteiger partial charge is 0.419 e. The van der Waals surface area contributed by atoms with Gasteiger partial charge in [0.1, 0.15) is 0 Å². The standard InChI is InChI=1S/C17H24BrNO2/c1-3-5-6-7-8-9-14(18)13-10-11-15-16(12-13)21-17(20)19(15)4-2/h10-12,14H,3-9H2,1-2H3. The molecule has 0 amide bonds. The number of unbranched alkanes of at least 4 members (excludes halogenated alkanes) is 4. The van der Waals surface area contributed by atoms with E-state index >= 15 is 0 Å². The number of nitrogens with zero attached hydrogens (tertiary/aromatic N) is 1. The smallest absolute Gasteiger partial charge is 0.408 e. The van der Waals surface area contributed by atoms with Crippen LogP contribution in [0, 0.1) is 0 Å². The Bertz CT molecular complexity index is 629. The van der Waals surface area contributed by atoms with E-state index in [1.807, 2.05) is 19.1 Å². The molecule has 0 saturated heterocycles. The maximum absolute atomic E-state index is 11.7. The van der Waals surface area contributed by atoms with Crippen LogP contribution in [0.15, 0.2) is 27.4 Å². The van der Waals surface area contributed by atoms with E-state index in [2.05, 4.69) is 28.9 Å². The molecule has 0 saturated carbocycles. The molecule has 3 nitrogen and oxygen atoms in total. The van der Waals surface area contributed by atoms with E-state index in [0.29, 0.717) is 17.0 Å². The topological polar surface area (TPSA) is 35.1 Å². The molecule has 2 aromatic rings. The lowest BCUT2D eigenvalue weighted by atomic mass is 10.0. The second-order valence-corrected chi connectivity index (χ2v) is 6.62. The van der Waals surface area contributed by atoms with Crippen molar-refractivity contribution in [1.82, 2.24) is 4.57 Å². The third-order valence-corrected chi connectivity index (χ3v) is 4.92. The minimum absolute atomic E-state index is 0.268. The van der Waals surface area contributed by atoms with Crippen LogP contribution >= 0.6 is 15.9 Å². The van der Waals surface area contributed by atoms with Crippen LogP contribution in [0.3, 0.4) is 0 Å². The average molecular weight is 354 g/mol. The van der Waals surface area contributed by atoms with Gasteiger partial charge in [-0.15, -0.1) is 0 Å². The van der Waals surface area contributed by atoms with Crippen molar-refractivity contribution in [2.24, 2.45) is 0 Å². The van der Waals surface area contributed by atoms with Crippen LogP contribution in [0.1, 0.15) is 62.8 Å². The Kier molecular flexibility index (Phi) is 6.09. The molecule has 0 fully saturated rings. The lowest BCUT2D eigenvalue weighted by Crippen LogP contribution is -2.11. The maximum Gasteiger partial charge on any atom is 0.419 e. The second kappa shape index (κ2) is 7.83. The third-order valence-electron chi connectivity index (χ3n) is 3.93. The lowest BCUT2D eigenvalue weighted by molar-refractivity contribution is 0.513. The summed E-state index contributed by atoms with van der Waals surface area (Å²) in [6.07, 6.45) is 7.57. The number of benzene rings is 1. The Morgan fingerprint density at radius 1 is 1.19 bits per heavy atom. The molecule has 0 spiro atoms. The first kappa shape index (κ1) is 16.3.